The minimum atomic E-state index is -0.609. The van der Waals surface area contributed by atoms with Gasteiger partial charge in [0.2, 0.25) is 0 Å². The summed E-state index contributed by atoms with van der Waals surface area (Å²) in [5.41, 5.74) is 0.502. The Kier molecular flexibility index (Phi) is 2.36. The van der Waals surface area contributed by atoms with Gasteiger partial charge in [-0.25, -0.2) is 13.5 Å². The van der Waals surface area contributed by atoms with Crippen molar-refractivity contribution in [1.29, 1.82) is 0 Å². The van der Waals surface area contributed by atoms with Crippen molar-refractivity contribution in [3.8, 4) is 5.69 Å². The largest absolute Gasteiger partial charge is 0.285 e. The SMILES string of the molecule is Cn1c(C2CC2)cc(=O)n1-c1cc(F)ccc1F. The van der Waals surface area contributed by atoms with Gasteiger partial charge in [0.15, 0.2) is 0 Å². The molecule has 0 bridgehead atoms. The molecule has 1 aliphatic rings. The lowest BCUT2D eigenvalue weighted by Gasteiger charge is -2.10. The van der Waals surface area contributed by atoms with Gasteiger partial charge in [0, 0.05) is 30.8 Å². The molecule has 1 aromatic heterocycles. The molecule has 5 heteroatoms. The molecule has 94 valence electrons. The van der Waals surface area contributed by atoms with Crippen molar-refractivity contribution in [2.75, 3.05) is 0 Å². The molecule has 0 radical (unpaired) electrons. The Morgan fingerprint density at radius 3 is 2.61 bits per heavy atom. The second kappa shape index (κ2) is 3.80. The van der Waals surface area contributed by atoms with E-state index in [0.717, 1.165) is 36.7 Å². The van der Waals surface area contributed by atoms with Crippen LogP contribution in [0.5, 0.6) is 0 Å². The number of halogens is 2. The Labute approximate surface area is 102 Å². The molecule has 3 rings (SSSR count). The first-order valence-corrected chi connectivity index (χ1v) is 5.82. The summed E-state index contributed by atoms with van der Waals surface area (Å²) in [5, 5.41) is 0. The molecule has 1 fully saturated rings. The quantitative estimate of drug-likeness (QED) is 0.803. The molecular weight excluding hydrogens is 238 g/mol. The Bertz CT molecular complexity index is 668. The summed E-state index contributed by atoms with van der Waals surface area (Å²) >= 11 is 0. The van der Waals surface area contributed by atoms with E-state index in [4.69, 9.17) is 0 Å². The van der Waals surface area contributed by atoms with Crippen molar-refractivity contribution in [3.63, 3.8) is 0 Å². The van der Waals surface area contributed by atoms with Crippen molar-refractivity contribution in [2.45, 2.75) is 18.8 Å². The molecule has 0 N–H and O–H groups in total. The Morgan fingerprint density at radius 1 is 1.22 bits per heavy atom. The van der Waals surface area contributed by atoms with Gasteiger partial charge in [-0.2, -0.15) is 0 Å². The van der Waals surface area contributed by atoms with E-state index in [1.54, 1.807) is 11.7 Å². The maximum absolute atomic E-state index is 13.7. The summed E-state index contributed by atoms with van der Waals surface area (Å²) in [5.74, 6) is -0.796. The van der Waals surface area contributed by atoms with Crippen LogP contribution in [0.4, 0.5) is 8.78 Å². The molecule has 0 aliphatic heterocycles. The zero-order valence-electron chi connectivity index (χ0n) is 9.86. The maximum atomic E-state index is 13.7. The van der Waals surface area contributed by atoms with Crippen molar-refractivity contribution in [2.24, 2.45) is 7.05 Å². The third-order valence-corrected chi connectivity index (χ3v) is 3.29. The van der Waals surface area contributed by atoms with E-state index in [1.165, 1.54) is 10.7 Å². The van der Waals surface area contributed by atoms with Crippen LogP contribution in [-0.4, -0.2) is 9.36 Å². The van der Waals surface area contributed by atoms with E-state index in [9.17, 15) is 13.6 Å². The minimum absolute atomic E-state index is 0.0469. The number of nitrogens with zero attached hydrogens (tertiary/aromatic N) is 2. The topological polar surface area (TPSA) is 26.9 Å². The zero-order valence-corrected chi connectivity index (χ0v) is 9.86. The average Bonchev–Trinajstić information content (AvgIpc) is 3.11. The molecule has 0 atom stereocenters. The summed E-state index contributed by atoms with van der Waals surface area (Å²) in [6.45, 7) is 0. The lowest BCUT2D eigenvalue weighted by Crippen LogP contribution is -2.20. The first-order valence-electron chi connectivity index (χ1n) is 5.82. The van der Waals surface area contributed by atoms with Gasteiger partial charge in [-0.15, -0.1) is 0 Å². The van der Waals surface area contributed by atoms with Gasteiger partial charge in [0.1, 0.15) is 17.3 Å². The molecule has 3 nitrogen and oxygen atoms in total. The van der Waals surface area contributed by atoms with Gasteiger partial charge >= 0.3 is 0 Å². The maximum Gasteiger partial charge on any atom is 0.271 e. The zero-order chi connectivity index (χ0) is 12.9. The van der Waals surface area contributed by atoms with Gasteiger partial charge in [0.05, 0.1) is 0 Å². The highest BCUT2D eigenvalue weighted by molar-refractivity contribution is 5.34. The number of benzene rings is 1. The summed E-state index contributed by atoms with van der Waals surface area (Å²) in [4.78, 5) is 11.9. The molecule has 0 unspecified atom stereocenters. The van der Waals surface area contributed by atoms with E-state index in [1.807, 2.05) is 0 Å². The normalized spacial score (nSPS) is 15.1. The van der Waals surface area contributed by atoms with Gasteiger partial charge in [0.25, 0.3) is 5.56 Å². The summed E-state index contributed by atoms with van der Waals surface area (Å²) in [6.07, 6.45) is 2.09. The van der Waals surface area contributed by atoms with Crippen molar-refractivity contribution in [3.05, 3.63) is 51.9 Å². The molecule has 1 saturated carbocycles. The predicted molar refractivity (Wildman–Crippen MR) is 62.9 cm³/mol. The first kappa shape index (κ1) is 11.2. The van der Waals surface area contributed by atoms with E-state index < -0.39 is 11.6 Å². The van der Waals surface area contributed by atoms with E-state index in [-0.39, 0.29) is 11.2 Å². The standard InChI is InChI=1S/C13H12F2N2O/c1-16-11(8-2-3-8)7-13(18)17(16)12-6-9(14)4-5-10(12)15/h4-8H,2-3H2,1H3. The summed E-state index contributed by atoms with van der Waals surface area (Å²) in [7, 11) is 1.69. The second-order valence-electron chi connectivity index (χ2n) is 4.61. The highest BCUT2D eigenvalue weighted by atomic mass is 19.1. The van der Waals surface area contributed by atoms with Crippen LogP contribution >= 0.6 is 0 Å². The molecular formula is C13H12F2N2O. The van der Waals surface area contributed by atoms with E-state index in [2.05, 4.69) is 0 Å². The monoisotopic (exact) mass is 250 g/mol. The Hall–Kier alpha value is -1.91. The van der Waals surface area contributed by atoms with Crippen LogP contribution < -0.4 is 5.56 Å². The van der Waals surface area contributed by atoms with Crippen LogP contribution in [0.25, 0.3) is 5.69 Å². The van der Waals surface area contributed by atoms with Crippen LogP contribution in [0, 0.1) is 11.6 Å². The number of hydrogen-bond donors (Lipinski definition) is 0. The van der Waals surface area contributed by atoms with Gasteiger partial charge in [-0.05, 0) is 25.0 Å². The van der Waals surface area contributed by atoms with Gasteiger partial charge in [-0.3, -0.25) is 9.48 Å². The molecule has 0 amide bonds. The third kappa shape index (κ3) is 1.66. The first-order chi connectivity index (χ1) is 8.58. The molecule has 1 heterocycles. The molecule has 1 aromatic carbocycles. The molecule has 0 spiro atoms. The van der Waals surface area contributed by atoms with E-state index >= 15 is 0 Å². The van der Waals surface area contributed by atoms with Crippen LogP contribution in [0.1, 0.15) is 24.5 Å². The Balaban J connectivity index is 2.22. The minimum Gasteiger partial charge on any atom is -0.285 e. The smallest absolute Gasteiger partial charge is 0.271 e. The second-order valence-corrected chi connectivity index (χ2v) is 4.61. The van der Waals surface area contributed by atoms with Crippen molar-refractivity contribution < 1.29 is 8.78 Å². The fraction of sp³-hybridized carbons (Fsp3) is 0.308. The molecule has 18 heavy (non-hydrogen) atoms. The van der Waals surface area contributed by atoms with E-state index in [0.29, 0.717) is 5.92 Å². The Morgan fingerprint density at radius 2 is 1.94 bits per heavy atom. The number of aromatic nitrogens is 2. The lowest BCUT2D eigenvalue weighted by molar-refractivity contribution is 0.552. The van der Waals surface area contributed by atoms with Gasteiger partial charge in [-0.1, -0.05) is 0 Å². The van der Waals surface area contributed by atoms with Crippen LogP contribution in [0.15, 0.2) is 29.1 Å². The fourth-order valence-corrected chi connectivity index (χ4v) is 2.23. The van der Waals surface area contributed by atoms with Crippen LogP contribution in [0.2, 0.25) is 0 Å². The number of rotatable bonds is 2. The average molecular weight is 250 g/mol. The molecule has 1 aliphatic carbocycles. The lowest BCUT2D eigenvalue weighted by atomic mass is 10.3. The van der Waals surface area contributed by atoms with Crippen molar-refractivity contribution >= 4 is 0 Å². The van der Waals surface area contributed by atoms with Crippen LogP contribution in [-0.2, 0) is 7.05 Å². The molecule has 0 saturated heterocycles. The van der Waals surface area contributed by atoms with Crippen LogP contribution in [0.3, 0.4) is 0 Å². The highest BCUT2D eigenvalue weighted by Crippen LogP contribution is 2.39. The molecule has 2 aromatic rings. The summed E-state index contributed by atoms with van der Waals surface area (Å²) in [6, 6.07) is 4.60. The van der Waals surface area contributed by atoms with Gasteiger partial charge < -0.3 is 0 Å². The fourth-order valence-electron chi connectivity index (χ4n) is 2.23. The number of hydrogen-bond acceptors (Lipinski definition) is 1. The third-order valence-electron chi connectivity index (χ3n) is 3.29. The van der Waals surface area contributed by atoms with Crippen molar-refractivity contribution in [1.82, 2.24) is 9.36 Å². The predicted octanol–water partition coefficient (Wildman–Crippen LogP) is 2.33. The summed E-state index contributed by atoms with van der Waals surface area (Å²) < 4.78 is 29.7. The highest BCUT2D eigenvalue weighted by Gasteiger charge is 2.28.